The number of carbonyl (C=O) groups excluding carboxylic acids is 2. The Kier molecular flexibility index (Phi) is 6.75. The van der Waals surface area contributed by atoms with Gasteiger partial charge >= 0.3 is 0 Å². The van der Waals surface area contributed by atoms with Gasteiger partial charge in [0.2, 0.25) is 5.43 Å². The van der Waals surface area contributed by atoms with Crippen molar-refractivity contribution >= 4 is 11.7 Å². The van der Waals surface area contributed by atoms with E-state index in [1.54, 1.807) is 6.92 Å². The van der Waals surface area contributed by atoms with Crippen LogP contribution < -0.4 is 10.7 Å². The van der Waals surface area contributed by atoms with E-state index in [0.717, 1.165) is 18.3 Å². The number of amides is 1. The lowest BCUT2D eigenvalue weighted by atomic mass is 9.73. The number of benzene rings is 1. The van der Waals surface area contributed by atoms with E-state index < -0.39 is 58.1 Å². The average Bonchev–Trinajstić information content (AvgIpc) is 2.76. The fourth-order valence-electron chi connectivity index (χ4n) is 3.88. The topological polar surface area (TPSA) is 107 Å². The molecule has 0 aliphatic carbocycles. The number of halogens is 2. The van der Waals surface area contributed by atoms with Crippen molar-refractivity contribution in [3.05, 3.63) is 63.1 Å². The number of rotatable bonds is 7. The highest BCUT2D eigenvalue weighted by molar-refractivity contribution is 6.03. The predicted molar refractivity (Wildman–Crippen MR) is 110 cm³/mol. The maximum atomic E-state index is 13.8. The number of ketones is 1. The van der Waals surface area contributed by atoms with Crippen LogP contribution in [0.2, 0.25) is 0 Å². The second-order valence-corrected chi connectivity index (χ2v) is 7.82. The number of ether oxygens (including phenoxy) is 2. The molecule has 8 nitrogen and oxygen atoms in total. The SMILES string of the molecule is COCC[C@@]1(C)C(=O)c2c(O)c(=O)c(C(=O)NCc3c(F)cccc3F)cn2CC1OC. The van der Waals surface area contributed by atoms with E-state index in [4.69, 9.17) is 9.47 Å². The zero-order valence-electron chi connectivity index (χ0n) is 17.9. The van der Waals surface area contributed by atoms with Crippen LogP contribution >= 0.6 is 0 Å². The fraction of sp³-hybridized carbons (Fsp3) is 0.409. The monoisotopic (exact) mass is 450 g/mol. The molecule has 172 valence electrons. The Morgan fingerprint density at radius 1 is 1.28 bits per heavy atom. The highest BCUT2D eigenvalue weighted by Gasteiger charge is 2.48. The minimum absolute atomic E-state index is 0.0911. The first-order valence-corrected chi connectivity index (χ1v) is 9.89. The summed E-state index contributed by atoms with van der Waals surface area (Å²) in [5, 5.41) is 12.8. The van der Waals surface area contributed by atoms with Crippen LogP contribution in [0.1, 0.15) is 39.8 Å². The van der Waals surface area contributed by atoms with Crippen LogP contribution in [0.3, 0.4) is 0 Å². The van der Waals surface area contributed by atoms with Crippen molar-refractivity contribution in [1.82, 2.24) is 9.88 Å². The lowest BCUT2D eigenvalue weighted by molar-refractivity contribution is -0.0262. The van der Waals surface area contributed by atoms with Crippen LogP contribution in [0, 0.1) is 17.0 Å². The smallest absolute Gasteiger partial charge is 0.257 e. The van der Waals surface area contributed by atoms with E-state index in [1.165, 1.54) is 24.9 Å². The number of methoxy groups -OCH3 is 2. The fourth-order valence-corrected chi connectivity index (χ4v) is 3.88. The summed E-state index contributed by atoms with van der Waals surface area (Å²) in [6.07, 6.45) is 0.831. The molecule has 2 atom stereocenters. The molecule has 0 spiro atoms. The molecule has 1 amide bonds. The summed E-state index contributed by atoms with van der Waals surface area (Å²) >= 11 is 0. The summed E-state index contributed by atoms with van der Waals surface area (Å²) in [7, 11) is 2.93. The van der Waals surface area contributed by atoms with Gasteiger partial charge in [0.15, 0.2) is 11.5 Å². The van der Waals surface area contributed by atoms with Gasteiger partial charge in [-0.15, -0.1) is 0 Å². The molecular weight excluding hydrogens is 426 g/mol. The summed E-state index contributed by atoms with van der Waals surface area (Å²) in [6.45, 7) is 1.52. The molecule has 0 bridgehead atoms. The largest absolute Gasteiger partial charge is 0.503 e. The van der Waals surface area contributed by atoms with Crippen molar-refractivity contribution in [2.45, 2.75) is 32.5 Å². The Morgan fingerprint density at radius 3 is 2.53 bits per heavy atom. The number of nitrogens with one attached hydrogen (secondary N) is 1. The van der Waals surface area contributed by atoms with E-state index in [9.17, 15) is 28.3 Å². The van der Waals surface area contributed by atoms with Crippen LogP contribution in [-0.4, -0.2) is 48.3 Å². The lowest BCUT2D eigenvalue weighted by Gasteiger charge is -2.40. The quantitative estimate of drug-likeness (QED) is 0.669. The van der Waals surface area contributed by atoms with E-state index in [-0.39, 0.29) is 24.4 Å². The van der Waals surface area contributed by atoms with Gasteiger partial charge in [0.05, 0.1) is 18.1 Å². The molecular formula is C22H24F2N2O6. The van der Waals surface area contributed by atoms with Gasteiger partial charge in [0.25, 0.3) is 5.91 Å². The Hall–Kier alpha value is -3.11. The Balaban J connectivity index is 1.95. The average molecular weight is 450 g/mol. The van der Waals surface area contributed by atoms with Gasteiger partial charge in [-0.1, -0.05) is 6.07 Å². The third-order valence-electron chi connectivity index (χ3n) is 5.91. The second-order valence-electron chi connectivity index (χ2n) is 7.82. The normalized spacial score (nSPS) is 20.2. The van der Waals surface area contributed by atoms with Crippen molar-refractivity contribution < 1.29 is 33.0 Å². The molecule has 0 fully saturated rings. The number of hydrogen-bond acceptors (Lipinski definition) is 6. The summed E-state index contributed by atoms with van der Waals surface area (Å²) in [6, 6.07) is 3.27. The van der Waals surface area contributed by atoms with Crippen molar-refractivity contribution in [2.24, 2.45) is 5.41 Å². The lowest BCUT2D eigenvalue weighted by Crippen LogP contribution is -2.50. The standard InChI is InChI=1S/C22H24F2N2O6/c1-22(7-8-31-2)16(32-3)11-26-10-13(18(27)19(28)17(26)20(22)29)21(30)25-9-12-14(23)5-4-6-15(12)24/h4-6,10,16,28H,7-9,11H2,1-3H3,(H,25,30)/t16?,22-/m1/s1. The Labute approximate surface area is 182 Å². The predicted octanol–water partition coefficient (Wildman–Crippen LogP) is 2.02. The van der Waals surface area contributed by atoms with Gasteiger partial charge in [-0.2, -0.15) is 0 Å². The summed E-state index contributed by atoms with van der Waals surface area (Å²) in [5.74, 6) is -4.02. The van der Waals surface area contributed by atoms with Gasteiger partial charge < -0.3 is 24.5 Å². The number of Topliss-reactive ketones (excluding diaryl/α,β-unsaturated/α-hetero) is 1. The van der Waals surface area contributed by atoms with Crippen LogP contribution in [-0.2, 0) is 22.6 Å². The number of aromatic nitrogens is 1. The number of hydrogen-bond donors (Lipinski definition) is 2. The number of aromatic hydroxyl groups is 1. The molecule has 2 aromatic rings. The van der Waals surface area contributed by atoms with Crippen molar-refractivity contribution in [1.29, 1.82) is 0 Å². The van der Waals surface area contributed by atoms with Gasteiger partial charge in [-0.05, 0) is 25.5 Å². The third kappa shape index (κ3) is 4.03. The molecule has 0 saturated carbocycles. The third-order valence-corrected chi connectivity index (χ3v) is 5.91. The maximum Gasteiger partial charge on any atom is 0.257 e. The van der Waals surface area contributed by atoms with Crippen LogP contribution in [0.5, 0.6) is 5.75 Å². The molecule has 1 aromatic heterocycles. The van der Waals surface area contributed by atoms with E-state index >= 15 is 0 Å². The van der Waals surface area contributed by atoms with Crippen LogP contribution in [0.15, 0.2) is 29.2 Å². The molecule has 0 saturated heterocycles. The van der Waals surface area contributed by atoms with E-state index in [2.05, 4.69) is 5.32 Å². The molecule has 1 unspecified atom stereocenters. The Morgan fingerprint density at radius 2 is 1.94 bits per heavy atom. The van der Waals surface area contributed by atoms with Crippen molar-refractivity contribution in [2.75, 3.05) is 20.8 Å². The molecule has 32 heavy (non-hydrogen) atoms. The van der Waals surface area contributed by atoms with Gasteiger partial charge in [0, 0.05) is 39.1 Å². The van der Waals surface area contributed by atoms with Crippen LogP contribution in [0.4, 0.5) is 8.78 Å². The van der Waals surface area contributed by atoms with Crippen molar-refractivity contribution in [3.8, 4) is 5.75 Å². The summed E-state index contributed by atoms with van der Waals surface area (Å²) < 4.78 is 39.5. The highest BCUT2D eigenvalue weighted by Crippen LogP contribution is 2.39. The molecule has 2 heterocycles. The maximum absolute atomic E-state index is 13.8. The molecule has 0 radical (unpaired) electrons. The first kappa shape index (κ1) is 23.6. The minimum atomic E-state index is -1.05. The minimum Gasteiger partial charge on any atom is -0.503 e. The molecule has 3 rings (SSSR count). The summed E-state index contributed by atoms with van der Waals surface area (Å²) in [4.78, 5) is 38.5. The molecule has 2 N–H and O–H groups in total. The molecule has 1 aliphatic rings. The van der Waals surface area contributed by atoms with Gasteiger partial charge in [-0.3, -0.25) is 14.4 Å². The number of fused-ring (bicyclic) bond motifs is 1. The zero-order chi connectivity index (χ0) is 23.6. The Bertz CT molecular complexity index is 1100. The highest BCUT2D eigenvalue weighted by atomic mass is 19.1. The molecule has 1 aliphatic heterocycles. The number of pyridine rings is 1. The van der Waals surface area contributed by atoms with E-state index in [1.807, 2.05) is 0 Å². The summed E-state index contributed by atoms with van der Waals surface area (Å²) in [5.41, 5.74) is -3.17. The number of nitrogens with zero attached hydrogens (tertiary/aromatic N) is 1. The van der Waals surface area contributed by atoms with Crippen molar-refractivity contribution in [3.63, 3.8) is 0 Å². The number of carbonyl (C=O) groups is 2. The van der Waals surface area contributed by atoms with E-state index in [0.29, 0.717) is 6.42 Å². The first-order chi connectivity index (χ1) is 15.2. The van der Waals surface area contributed by atoms with Gasteiger partial charge in [-0.25, -0.2) is 8.78 Å². The molecule has 10 heteroatoms. The van der Waals surface area contributed by atoms with Gasteiger partial charge in [0.1, 0.15) is 22.9 Å². The van der Waals surface area contributed by atoms with Crippen LogP contribution in [0.25, 0.3) is 0 Å². The molecule has 1 aromatic carbocycles. The second kappa shape index (κ2) is 9.17. The first-order valence-electron chi connectivity index (χ1n) is 9.89. The zero-order valence-corrected chi connectivity index (χ0v) is 17.9.